The molecule has 0 aliphatic carbocycles. The molecule has 0 unspecified atom stereocenters. The van der Waals surface area contributed by atoms with Gasteiger partial charge >= 0.3 is 0 Å². The van der Waals surface area contributed by atoms with E-state index in [0.717, 1.165) is 23.2 Å². The molecule has 0 atom stereocenters. The standard InChI is InChI=1S/C14H15NO/c1-10-5-6-14(15)12(7-10)8-11-3-2-4-13(16)9-11/h2-7,9,16H,8,15H2,1H3. The maximum atomic E-state index is 9.38. The molecule has 0 heterocycles. The van der Waals surface area contributed by atoms with Crippen LogP contribution in [0.3, 0.4) is 0 Å². The van der Waals surface area contributed by atoms with E-state index in [4.69, 9.17) is 5.73 Å². The summed E-state index contributed by atoms with van der Waals surface area (Å²) < 4.78 is 0. The summed E-state index contributed by atoms with van der Waals surface area (Å²) in [5, 5.41) is 9.38. The topological polar surface area (TPSA) is 46.2 Å². The van der Waals surface area contributed by atoms with Crippen molar-refractivity contribution < 1.29 is 5.11 Å². The van der Waals surface area contributed by atoms with Crippen molar-refractivity contribution in [2.24, 2.45) is 0 Å². The van der Waals surface area contributed by atoms with Crippen molar-refractivity contribution in [2.45, 2.75) is 13.3 Å². The third-order valence-corrected chi connectivity index (χ3v) is 2.60. The molecule has 2 aromatic rings. The van der Waals surface area contributed by atoms with Crippen molar-refractivity contribution in [3.8, 4) is 5.75 Å². The van der Waals surface area contributed by atoms with E-state index in [-0.39, 0.29) is 0 Å². The fourth-order valence-electron chi connectivity index (χ4n) is 1.77. The first kappa shape index (κ1) is 10.6. The van der Waals surface area contributed by atoms with Crippen molar-refractivity contribution in [3.05, 3.63) is 59.2 Å². The van der Waals surface area contributed by atoms with Crippen LogP contribution >= 0.6 is 0 Å². The zero-order chi connectivity index (χ0) is 11.5. The van der Waals surface area contributed by atoms with Gasteiger partial charge in [0.2, 0.25) is 0 Å². The van der Waals surface area contributed by atoms with Gasteiger partial charge in [-0.25, -0.2) is 0 Å². The highest BCUT2D eigenvalue weighted by molar-refractivity contribution is 5.50. The van der Waals surface area contributed by atoms with Gasteiger partial charge in [0.25, 0.3) is 0 Å². The number of phenolic OH excluding ortho intramolecular Hbond substituents is 1. The molecular weight excluding hydrogens is 198 g/mol. The molecule has 16 heavy (non-hydrogen) atoms. The van der Waals surface area contributed by atoms with Gasteiger partial charge in [-0.3, -0.25) is 0 Å². The number of rotatable bonds is 2. The smallest absolute Gasteiger partial charge is 0.115 e. The molecule has 0 fully saturated rings. The Morgan fingerprint density at radius 3 is 2.69 bits per heavy atom. The molecule has 0 aromatic heterocycles. The summed E-state index contributed by atoms with van der Waals surface area (Å²) in [6, 6.07) is 13.3. The van der Waals surface area contributed by atoms with Crippen molar-refractivity contribution >= 4 is 5.69 Å². The summed E-state index contributed by atoms with van der Waals surface area (Å²) in [5.74, 6) is 0.295. The Kier molecular flexibility index (Phi) is 2.82. The fraction of sp³-hybridized carbons (Fsp3) is 0.143. The summed E-state index contributed by atoms with van der Waals surface area (Å²) in [4.78, 5) is 0. The van der Waals surface area contributed by atoms with E-state index in [1.807, 2.05) is 31.2 Å². The molecule has 2 rings (SSSR count). The van der Waals surface area contributed by atoms with E-state index < -0.39 is 0 Å². The Morgan fingerprint density at radius 2 is 1.94 bits per heavy atom. The van der Waals surface area contributed by atoms with Crippen LogP contribution in [0.15, 0.2) is 42.5 Å². The number of phenols is 1. The molecule has 0 spiro atoms. The molecule has 0 aliphatic heterocycles. The minimum atomic E-state index is 0.295. The van der Waals surface area contributed by atoms with Crippen LogP contribution in [0.1, 0.15) is 16.7 Å². The lowest BCUT2D eigenvalue weighted by molar-refractivity contribution is 0.474. The summed E-state index contributed by atoms with van der Waals surface area (Å²) in [5.41, 5.74) is 10.1. The van der Waals surface area contributed by atoms with Crippen LogP contribution in [0.4, 0.5) is 5.69 Å². The Morgan fingerprint density at radius 1 is 1.12 bits per heavy atom. The Balaban J connectivity index is 2.30. The number of nitrogen functional groups attached to an aromatic ring is 1. The summed E-state index contributed by atoms with van der Waals surface area (Å²) in [6.45, 7) is 2.05. The Bertz CT molecular complexity index is 506. The van der Waals surface area contributed by atoms with Crippen LogP contribution in [0.5, 0.6) is 5.75 Å². The molecule has 0 amide bonds. The quantitative estimate of drug-likeness (QED) is 0.753. The SMILES string of the molecule is Cc1ccc(N)c(Cc2cccc(O)c2)c1. The van der Waals surface area contributed by atoms with Gasteiger partial charge in [0.1, 0.15) is 5.75 Å². The number of benzene rings is 2. The number of hydrogen-bond acceptors (Lipinski definition) is 2. The molecule has 0 bridgehead atoms. The zero-order valence-electron chi connectivity index (χ0n) is 9.27. The molecule has 82 valence electrons. The van der Waals surface area contributed by atoms with E-state index in [2.05, 4.69) is 6.07 Å². The third kappa shape index (κ3) is 2.34. The van der Waals surface area contributed by atoms with Crippen LogP contribution in [0, 0.1) is 6.92 Å². The number of aryl methyl sites for hydroxylation is 1. The molecule has 0 aliphatic rings. The molecule has 0 radical (unpaired) electrons. The third-order valence-electron chi connectivity index (χ3n) is 2.60. The van der Waals surface area contributed by atoms with Crippen LogP contribution in [0.25, 0.3) is 0 Å². The first-order chi connectivity index (χ1) is 7.65. The number of hydrogen-bond donors (Lipinski definition) is 2. The van der Waals surface area contributed by atoms with E-state index >= 15 is 0 Å². The minimum absolute atomic E-state index is 0.295. The highest BCUT2D eigenvalue weighted by Gasteiger charge is 2.02. The molecular formula is C14H15NO. The van der Waals surface area contributed by atoms with Crippen LogP contribution in [-0.2, 0) is 6.42 Å². The molecule has 2 heteroatoms. The van der Waals surface area contributed by atoms with E-state index in [9.17, 15) is 5.11 Å². The zero-order valence-corrected chi connectivity index (χ0v) is 9.27. The largest absolute Gasteiger partial charge is 0.508 e. The van der Waals surface area contributed by atoms with Gasteiger partial charge in [0.05, 0.1) is 0 Å². The van der Waals surface area contributed by atoms with Gasteiger partial charge in [-0.05, 0) is 42.7 Å². The van der Waals surface area contributed by atoms with Gasteiger partial charge in [-0.15, -0.1) is 0 Å². The first-order valence-electron chi connectivity index (χ1n) is 5.28. The lowest BCUT2D eigenvalue weighted by Crippen LogP contribution is -1.96. The second kappa shape index (κ2) is 4.27. The lowest BCUT2D eigenvalue weighted by Gasteiger charge is -2.07. The second-order valence-electron chi connectivity index (χ2n) is 4.05. The summed E-state index contributed by atoms with van der Waals surface area (Å²) >= 11 is 0. The van der Waals surface area contributed by atoms with Crippen LogP contribution < -0.4 is 5.73 Å². The average Bonchev–Trinajstić information content (AvgIpc) is 2.24. The van der Waals surface area contributed by atoms with Gasteiger partial charge in [-0.1, -0.05) is 29.8 Å². The summed E-state index contributed by atoms with van der Waals surface area (Å²) in [6.07, 6.45) is 0.752. The second-order valence-corrected chi connectivity index (χ2v) is 4.05. The number of anilines is 1. The van der Waals surface area contributed by atoms with Gasteiger partial charge in [0, 0.05) is 5.69 Å². The highest BCUT2D eigenvalue weighted by atomic mass is 16.3. The monoisotopic (exact) mass is 213 g/mol. The average molecular weight is 213 g/mol. The summed E-state index contributed by atoms with van der Waals surface area (Å²) in [7, 11) is 0. The van der Waals surface area contributed by atoms with Crippen LogP contribution in [-0.4, -0.2) is 5.11 Å². The molecule has 2 nitrogen and oxygen atoms in total. The maximum absolute atomic E-state index is 9.38. The molecule has 3 N–H and O–H groups in total. The number of aromatic hydroxyl groups is 1. The van der Waals surface area contributed by atoms with E-state index in [1.165, 1.54) is 5.56 Å². The van der Waals surface area contributed by atoms with E-state index in [1.54, 1.807) is 12.1 Å². The first-order valence-corrected chi connectivity index (χ1v) is 5.28. The van der Waals surface area contributed by atoms with Crippen LogP contribution in [0.2, 0.25) is 0 Å². The predicted molar refractivity (Wildman–Crippen MR) is 66.5 cm³/mol. The minimum Gasteiger partial charge on any atom is -0.508 e. The molecule has 0 saturated heterocycles. The van der Waals surface area contributed by atoms with Crippen molar-refractivity contribution in [3.63, 3.8) is 0 Å². The van der Waals surface area contributed by atoms with Gasteiger partial charge in [-0.2, -0.15) is 0 Å². The van der Waals surface area contributed by atoms with E-state index in [0.29, 0.717) is 5.75 Å². The Labute approximate surface area is 95.4 Å². The molecule has 0 saturated carbocycles. The van der Waals surface area contributed by atoms with Gasteiger partial charge < -0.3 is 10.8 Å². The predicted octanol–water partition coefficient (Wildman–Crippen LogP) is 2.87. The van der Waals surface area contributed by atoms with Crippen molar-refractivity contribution in [2.75, 3.05) is 5.73 Å². The highest BCUT2D eigenvalue weighted by Crippen LogP contribution is 2.20. The maximum Gasteiger partial charge on any atom is 0.115 e. The molecule has 2 aromatic carbocycles. The van der Waals surface area contributed by atoms with Crippen molar-refractivity contribution in [1.82, 2.24) is 0 Å². The Hall–Kier alpha value is -1.96. The lowest BCUT2D eigenvalue weighted by atomic mass is 10.0. The number of nitrogens with two attached hydrogens (primary N) is 1. The normalized spacial score (nSPS) is 10.3. The fourth-order valence-corrected chi connectivity index (χ4v) is 1.77. The van der Waals surface area contributed by atoms with Crippen molar-refractivity contribution in [1.29, 1.82) is 0 Å². The van der Waals surface area contributed by atoms with Gasteiger partial charge in [0.15, 0.2) is 0 Å².